The van der Waals surface area contributed by atoms with E-state index in [9.17, 15) is 26.3 Å². The number of fused-ring (bicyclic) bond motifs is 6. The number of alkyl halides is 5. The molecule has 5 atom stereocenters. The molecule has 8 rings (SSSR count). The summed E-state index contributed by atoms with van der Waals surface area (Å²) in [4.78, 5) is 20.1. The number of nitrogen functional groups attached to an aromatic ring is 1. The summed E-state index contributed by atoms with van der Waals surface area (Å²) >= 11 is 0. The summed E-state index contributed by atoms with van der Waals surface area (Å²) in [6.45, 7) is 2.11. The third-order valence-electron chi connectivity index (χ3n) is 9.76. The highest BCUT2D eigenvalue weighted by molar-refractivity contribution is 5.97. The number of ether oxygens (including phenoxy) is 2. The lowest BCUT2D eigenvalue weighted by Gasteiger charge is -2.46. The van der Waals surface area contributed by atoms with Crippen LogP contribution in [0.5, 0.6) is 11.9 Å². The standard InChI is InChI=1S/C28H27F7N8O2/c1-11-21-15-3-2-12(37-15)7-43(21)23-16-19(40-25(41-23)44-10-26-4-5-42(26)9-27(31,32)8-26)17(30)20(39-24(16)45-11)18-13(28(33,34)35)6-14(29)22(36)38-18/h6,11-12,15,21,37H,2-5,7-10H2,1H3,(H2,36,38)/t11-,12+,15-,21+,26+/m0/s1. The van der Waals surface area contributed by atoms with Gasteiger partial charge in [-0.05, 0) is 32.3 Å². The zero-order chi connectivity index (χ0) is 31.6. The van der Waals surface area contributed by atoms with Crippen LogP contribution in [0.15, 0.2) is 6.07 Å². The Bertz CT molecular complexity index is 1740. The van der Waals surface area contributed by atoms with Crippen molar-refractivity contribution < 1.29 is 40.2 Å². The van der Waals surface area contributed by atoms with Gasteiger partial charge in [0.2, 0.25) is 5.88 Å². The van der Waals surface area contributed by atoms with E-state index in [4.69, 9.17) is 15.2 Å². The van der Waals surface area contributed by atoms with E-state index in [1.807, 2.05) is 4.90 Å². The van der Waals surface area contributed by atoms with E-state index in [-0.39, 0.29) is 53.9 Å². The summed E-state index contributed by atoms with van der Waals surface area (Å²) in [5.74, 6) is -6.55. The fourth-order valence-electron chi connectivity index (χ4n) is 7.67. The van der Waals surface area contributed by atoms with E-state index in [0.717, 1.165) is 12.8 Å². The van der Waals surface area contributed by atoms with Crippen molar-refractivity contribution in [2.24, 2.45) is 0 Å². The van der Waals surface area contributed by atoms with Crippen LogP contribution in [0.3, 0.4) is 0 Å². The maximum Gasteiger partial charge on any atom is 0.418 e. The number of hydrogen-bond donors (Lipinski definition) is 2. The van der Waals surface area contributed by atoms with Crippen molar-refractivity contribution in [2.75, 3.05) is 36.9 Å². The molecule has 5 aliphatic rings. The molecule has 0 aliphatic carbocycles. The van der Waals surface area contributed by atoms with Crippen LogP contribution in [0.25, 0.3) is 22.3 Å². The van der Waals surface area contributed by atoms with Crippen LogP contribution in [0, 0.1) is 11.6 Å². The van der Waals surface area contributed by atoms with Gasteiger partial charge in [-0.25, -0.2) is 27.5 Å². The quantitative estimate of drug-likeness (QED) is 0.407. The number of rotatable bonds is 4. The SMILES string of the molecule is C[C@@H]1Oc2nc(-c3nc(N)c(F)cc3C(F)(F)F)c(F)c3nc(OC[C@]45CCN4CC(F)(F)C5)nc(c23)N2C[C@H]3CC[C@H](N3)[C@@H]12. The Labute approximate surface area is 251 Å². The highest BCUT2D eigenvalue weighted by Crippen LogP contribution is 2.49. The molecule has 4 saturated heterocycles. The number of piperazine rings is 1. The minimum atomic E-state index is -5.14. The summed E-state index contributed by atoms with van der Waals surface area (Å²) in [6.07, 6.45) is -3.99. The van der Waals surface area contributed by atoms with Gasteiger partial charge in [0, 0.05) is 31.6 Å². The molecule has 17 heteroatoms. The normalized spacial score (nSPS) is 30.0. The van der Waals surface area contributed by atoms with Gasteiger partial charge >= 0.3 is 12.2 Å². The number of aromatic nitrogens is 4. The third-order valence-corrected chi connectivity index (χ3v) is 9.76. The highest BCUT2D eigenvalue weighted by Gasteiger charge is 2.60. The van der Waals surface area contributed by atoms with E-state index < -0.39 is 76.6 Å². The van der Waals surface area contributed by atoms with Crippen LogP contribution in [0.4, 0.5) is 42.4 Å². The Morgan fingerprint density at radius 1 is 1.13 bits per heavy atom. The molecule has 45 heavy (non-hydrogen) atoms. The van der Waals surface area contributed by atoms with E-state index in [0.29, 0.717) is 19.5 Å². The molecule has 8 heterocycles. The molecule has 3 aromatic rings. The van der Waals surface area contributed by atoms with E-state index in [1.165, 1.54) is 0 Å². The van der Waals surface area contributed by atoms with Crippen LogP contribution in [-0.2, 0) is 6.18 Å². The van der Waals surface area contributed by atoms with Gasteiger partial charge in [-0.1, -0.05) is 0 Å². The Kier molecular flexibility index (Phi) is 6.00. The molecule has 4 fully saturated rings. The van der Waals surface area contributed by atoms with Crippen molar-refractivity contribution in [1.82, 2.24) is 30.2 Å². The molecule has 3 aromatic heterocycles. The number of nitrogens with zero attached hydrogens (tertiary/aromatic N) is 6. The summed E-state index contributed by atoms with van der Waals surface area (Å²) < 4.78 is 114. The lowest BCUT2D eigenvalue weighted by atomic mass is 9.85. The van der Waals surface area contributed by atoms with Gasteiger partial charge in [-0.2, -0.15) is 23.1 Å². The molecule has 2 bridgehead atoms. The highest BCUT2D eigenvalue weighted by atomic mass is 19.4. The first kappa shape index (κ1) is 28.7. The third kappa shape index (κ3) is 4.36. The Hall–Kier alpha value is -3.73. The molecule has 10 nitrogen and oxygen atoms in total. The molecule has 0 aromatic carbocycles. The Morgan fingerprint density at radius 2 is 1.93 bits per heavy atom. The maximum atomic E-state index is 16.5. The second-order valence-corrected chi connectivity index (χ2v) is 12.6. The van der Waals surface area contributed by atoms with Gasteiger partial charge in [0.1, 0.15) is 40.8 Å². The smallest absolute Gasteiger partial charge is 0.418 e. The number of pyridine rings is 2. The van der Waals surface area contributed by atoms with Crippen molar-refractivity contribution in [1.29, 1.82) is 0 Å². The van der Waals surface area contributed by atoms with Crippen LogP contribution >= 0.6 is 0 Å². The van der Waals surface area contributed by atoms with E-state index in [2.05, 4.69) is 25.3 Å². The molecule has 0 unspecified atom stereocenters. The fraction of sp³-hybridized carbons (Fsp3) is 0.571. The average Bonchev–Trinajstić information content (AvgIpc) is 3.38. The average molecular weight is 641 g/mol. The van der Waals surface area contributed by atoms with Crippen molar-refractivity contribution in [3.8, 4) is 23.3 Å². The number of nitrogens with one attached hydrogen (secondary N) is 1. The largest absolute Gasteiger partial charge is 0.472 e. The monoisotopic (exact) mass is 640 g/mol. The van der Waals surface area contributed by atoms with Gasteiger partial charge < -0.3 is 25.4 Å². The van der Waals surface area contributed by atoms with Crippen LogP contribution in [0.1, 0.15) is 38.2 Å². The number of anilines is 2. The first-order chi connectivity index (χ1) is 21.2. The number of nitrogens with two attached hydrogens (primary N) is 1. The van der Waals surface area contributed by atoms with Crippen LogP contribution < -0.4 is 25.4 Å². The van der Waals surface area contributed by atoms with Gasteiger partial charge in [0.15, 0.2) is 17.5 Å². The van der Waals surface area contributed by atoms with Crippen LogP contribution in [-0.4, -0.2) is 86.8 Å². The second-order valence-electron chi connectivity index (χ2n) is 12.6. The molecule has 0 radical (unpaired) electrons. The Morgan fingerprint density at radius 3 is 2.64 bits per heavy atom. The molecule has 0 amide bonds. The number of hydrogen-bond acceptors (Lipinski definition) is 10. The second kappa shape index (κ2) is 9.40. The molecule has 0 spiro atoms. The van der Waals surface area contributed by atoms with Crippen molar-refractivity contribution in [3.05, 3.63) is 23.3 Å². The van der Waals surface area contributed by atoms with E-state index >= 15 is 4.39 Å². The minimum absolute atomic E-state index is 0.0127. The minimum Gasteiger partial charge on any atom is -0.472 e. The molecule has 0 saturated carbocycles. The molecule has 3 N–H and O–H groups in total. The lowest BCUT2D eigenvalue weighted by Crippen LogP contribution is -2.62. The molecule has 240 valence electrons. The van der Waals surface area contributed by atoms with Gasteiger partial charge in [0.25, 0.3) is 5.92 Å². The van der Waals surface area contributed by atoms with Gasteiger partial charge in [-0.15, -0.1) is 0 Å². The predicted octanol–water partition coefficient (Wildman–Crippen LogP) is 3.92. The predicted molar refractivity (Wildman–Crippen MR) is 145 cm³/mol. The first-order valence-electron chi connectivity index (χ1n) is 14.6. The van der Waals surface area contributed by atoms with Crippen molar-refractivity contribution in [3.63, 3.8) is 0 Å². The Balaban J connectivity index is 1.31. The molecular weight excluding hydrogens is 613 g/mol. The zero-order valence-corrected chi connectivity index (χ0v) is 23.8. The number of halogens is 7. The van der Waals surface area contributed by atoms with Crippen molar-refractivity contribution >= 4 is 22.5 Å². The first-order valence-corrected chi connectivity index (χ1v) is 14.6. The zero-order valence-electron chi connectivity index (χ0n) is 23.8. The lowest BCUT2D eigenvalue weighted by molar-refractivity contribution is -0.137. The summed E-state index contributed by atoms with van der Waals surface area (Å²) in [5, 5.41) is 3.55. The summed E-state index contributed by atoms with van der Waals surface area (Å²) in [6, 6.07) is -0.471. The van der Waals surface area contributed by atoms with Crippen LogP contribution in [0.2, 0.25) is 0 Å². The maximum absolute atomic E-state index is 16.5. The van der Waals surface area contributed by atoms with E-state index in [1.54, 1.807) is 11.8 Å². The van der Waals surface area contributed by atoms with Crippen molar-refractivity contribution in [2.45, 2.75) is 74.5 Å². The summed E-state index contributed by atoms with van der Waals surface area (Å²) in [5.41, 5.74) is 0.575. The fourth-order valence-corrected chi connectivity index (χ4v) is 7.67. The van der Waals surface area contributed by atoms with Gasteiger partial charge in [-0.3, -0.25) is 4.90 Å². The summed E-state index contributed by atoms with van der Waals surface area (Å²) in [7, 11) is 0. The topological polar surface area (TPSA) is 115 Å². The van der Waals surface area contributed by atoms with Gasteiger partial charge in [0.05, 0.1) is 23.7 Å². The molecular formula is C28H27F7N8O2. The molecule has 5 aliphatic heterocycles.